The zero-order valence-corrected chi connectivity index (χ0v) is 13.1. The summed E-state index contributed by atoms with van der Waals surface area (Å²) in [7, 11) is 0. The maximum absolute atomic E-state index is 11.2. The first-order valence-electron chi connectivity index (χ1n) is 7.86. The lowest BCUT2D eigenvalue weighted by Gasteiger charge is -2.42. The van der Waals surface area contributed by atoms with E-state index in [0.29, 0.717) is 19.6 Å². The Bertz CT molecular complexity index is 586. The summed E-state index contributed by atoms with van der Waals surface area (Å²) in [5.74, 6) is -0.336. The summed E-state index contributed by atoms with van der Waals surface area (Å²) >= 11 is 0. The van der Waals surface area contributed by atoms with E-state index < -0.39 is 12.1 Å². The van der Waals surface area contributed by atoms with Gasteiger partial charge in [0.25, 0.3) is 0 Å². The van der Waals surface area contributed by atoms with Crippen LogP contribution in [0.25, 0.3) is 0 Å². The van der Waals surface area contributed by atoms with Crippen molar-refractivity contribution < 1.29 is 19.7 Å². The second-order valence-electron chi connectivity index (χ2n) is 6.49. The Morgan fingerprint density at radius 2 is 2.14 bits per heavy atom. The number of hydrogen-bond acceptors (Lipinski definition) is 4. The summed E-state index contributed by atoms with van der Waals surface area (Å²) in [5.41, 5.74) is 2.99. The zero-order chi connectivity index (χ0) is 15.9. The third kappa shape index (κ3) is 2.71. The van der Waals surface area contributed by atoms with Crippen molar-refractivity contribution in [2.45, 2.75) is 38.8 Å². The van der Waals surface area contributed by atoms with E-state index in [0.717, 1.165) is 35.4 Å². The number of aliphatic hydroxyl groups is 1. The largest absolute Gasteiger partial charge is 0.491 e. The molecule has 5 heteroatoms. The fraction of sp³-hybridized carbons (Fsp3) is 0.588. The number of piperidine rings is 1. The van der Waals surface area contributed by atoms with Crippen LogP contribution in [-0.4, -0.2) is 46.8 Å². The molecule has 0 spiro atoms. The molecule has 3 rings (SSSR count). The van der Waals surface area contributed by atoms with Gasteiger partial charge in [0, 0.05) is 12.1 Å². The van der Waals surface area contributed by atoms with Gasteiger partial charge in [-0.1, -0.05) is 6.07 Å². The number of benzene rings is 1. The van der Waals surface area contributed by atoms with Crippen LogP contribution in [0, 0.1) is 19.8 Å². The lowest BCUT2D eigenvalue weighted by Crippen LogP contribution is -2.51. The molecule has 0 saturated carbocycles. The number of ether oxygens (including phenoxy) is 1. The lowest BCUT2D eigenvalue weighted by molar-refractivity contribution is -0.144. The minimum absolute atomic E-state index is 0.170. The molecule has 5 nitrogen and oxygen atoms in total. The molecule has 1 saturated heterocycles. The predicted molar refractivity (Wildman–Crippen MR) is 82.1 cm³/mol. The summed E-state index contributed by atoms with van der Waals surface area (Å²) in [6, 6.07) is 3.83. The van der Waals surface area contributed by atoms with Crippen molar-refractivity contribution in [1.82, 2.24) is 4.90 Å². The van der Waals surface area contributed by atoms with Crippen LogP contribution in [0.5, 0.6) is 5.75 Å². The van der Waals surface area contributed by atoms with Crippen molar-refractivity contribution in [2.24, 2.45) is 5.92 Å². The molecule has 22 heavy (non-hydrogen) atoms. The fourth-order valence-corrected chi connectivity index (χ4v) is 3.71. The van der Waals surface area contributed by atoms with Crippen LogP contribution in [0.4, 0.5) is 0 Å². The normalized spacial score (nSPS) is 28.8. The molecule has 3 unspecified atom stereocenters. The third-order valence-corrected chi connectivity index (χ3v) is 4.83. The molecule has 1 aromatic rings. The van der Waals surface area contributed by atoms with Gasteiger partial charge in [0.2, 0.25) is 0 Å². The van der Waals surface area contributed by atoms with E-state index in [2.05, 4.69) is 4.90 Å². The first kappa shape index (κ1) is 15.3. The van der Waals surface area contributed by atoms with Crippen molar-refractivity contribution in [3.05, 3.63) is 28.8 Å². The molecule has 0 amide bonds. The number of carboxylic acid groups (broad SMARTS) is 1. The highest BCUT2D eigenvalue weighted by Gasteiger charge is 2.38. The summed E-state index contributed by atoms with van der Waals surface area (Å²) in [6.45, 7) is 5.70. The van der Waals surface area contributed by atoms with Crippen LogP contribution in [0.1, 0.15) is 35.6 Å². The first-order chi connectivity index (χ1) is 10.5. The number of hydrogen-bond donors (Lipinski definition) is 2. The number of aliphatic hydroxyl groups excluding tert-OH is 1. The van der Waals surface area contributed by atoms with E-state index in [-0.39, 0.29) is 12.0 Å². The minimum Gasteiger partial charge on any atom is -0.491 e. The Hall–Kier alpha value is -1.59. The van der Waals surface area contributed by atoms with E-state index in [1.807, 2.05) is 26.0 Å². The number of aliphatic carboxylic acids is 1. The van der Waals surface area contributed by atoms with Crippen LogP contribution in [0.2, 0.25) is 0 Å². The highest BCUT2D eigenvalue weighted by Crippen LogP contribution is 2.38. The third-order valence-electron chi connectivity index (χ3n) is 4.83. The van der Waals surface area contributed by atoms with Crippen LogP contribution in [0.15, 0.2) is 12.1 Å². The van der Waals surface area contributed by atoms with Crippen LogP contribution >= 0.6 is 0 Å². The van der Waals surface area contributed by atoms with Gasteiger partial charge < -0.3 is 14.9 Å². The topological polar surface area (TPSA) is 70.0 Å². The van der Waals surface area contributed by atoms with Gasteiger partial charge in [-0.15, -0.1) is 0 Å². The van der Waals surface area contributed by atoms with Gasteiger partial charge in [0.1, 0.15) is 18.5 Å². The van der Waals surface area contributed by atoms with Crippen molar-refractivity contribution in [2.75, 3.05) is 19.7 Å². The van der Waals surface area contributed by atoms with E-state index in [4.69, 9.17) is 4.74 Å². The number of carboxylic acids is 1. The number of likely N-dealkylation sites (tertiary alicyclic amines) is 1. The number of carbonyl (C=O) groups is 1. The number of nitrogens with zero attached hydrogens (tertiary/aromatic N) is 1. The Balaban J connectivity index is 1.83. The predicted octanol–water partition coefficient (Wildman–Crippen LogP) is 1.89. The highest BCUT2D eigenvalue weighted by atomic mass is 16.5. The molecule has 2 heterocycles. The summed E-state index contributed by atoms with van der Waals surface area (Å²) in [6.07, 6.45) is 0.932. The van der Waals surface area contributed by atoms with Crippen molar-refractivity contribution in [3.8, 4) is 5.75 Å². The maximum Gasteiger partial charge on any atom is 0.307 e. The zero-order valence-electron chi connectivity index (χ0n) is 13.1. The molecule has 3 atom stereocenters. The molecule has 0 bridgehead atoms. The molecule has 2 aliphatic rings. The molecule has 0 aromatic heterocycles. The average molecular weight is 305 g/mol. The Kier molecular flexibility index (Phi) is 4.10. The number of fused-ring (bicyclic) bond motifs is 1. The number of rotatable bonds is 2. The Morgan fingerprint density at radius 3 is 2.86 bits per heavy atom. The molecule has 1 fully saturated rings. The second kappa shape index (κ2) is 5.89. The monoisotopic (exact) mass is 305 g/mol. The number of aryl methyl sites for hydroxylation is 2. The Labute approximate surface area is 130 Å². The summed E-state index contributed by atoms with van der Waals surface area (Å²) in [5, 5.41) is 20.0. The highest BCUT2D eigenvalue weighted by molar-refractivity contribution is 5.70. The Morgan fingerprint density at radius 1 is 1.36 bits per heavy atom. The lowest BCUT2D eigenvalue weighted by atomic mass is 9.90. The molecule has 0 radical (unpaired) electrons. The van der Waals surface area contributed by atoms with Gasteiger partial charge in [-0.05, 0) is 50.4 Å². The van der Waals surface area contributed by atoms with Gasteiger partial charge in [-0.25, -0.2) is 0 Å². The van der Waals surface area contributed by atoms with Gasteiger partial charge in [-0.2, -0.15) is 0 Å². The quantitative estimate of drug-likeness (QED) is 0.873. The SMILES string of the molecule is Cc1cc(C)c2c(c1)OCC(N1CCCC(C(=O)O)C1)C2O. The smallest absolute Gasteiger partial charge is 0.307 e. The van der Waals surface area contributed by atoms with Crippen LogP contribution in [-0.2, 0) is 4.79 Å². The van der Waals surface area contributed by atoms with Gasteiger partial charge >= 0.3 is 5.97 Å². The van der Waals surface area contributed by atoms with Gasteiger partial charge in [0.15, 0.2) is 0 Å². The molecule has 2 N–H and O–H groups in total. The van der Waals surface area contributed by atoms with Crippen molar-refractivity contribution in [3.63, 3.8) is 0 Å². The van der Waals surface area contributed by atoms with E-state index in [1.54, 1.807) is 0 Å². The molecular weight excluding hydrogens is 282 g/mol. The molecule has 120 valence electrons. The van der Waals surface area contributed by atoms with Crippen LogP contribution < -0.4 is 4.74 Å². The average Bonchev–Trinajstić information content (AvgIpc) is 2.46. The second-order valence-corrected chi connectivity index (χ2v) is 6.49. The van der Waals surface area contributed by atoms with E-state index in [1.165, 1.54) is 0 Å². The first-order valence-corrected chi connectivity index (χ1v) is 7.86. The summed E-state index contributed by atoms with van der Waals surface area (Å²) in [4.78, 5) is 13.3. The molecule has 1 aromatic carbocycles. The van der Waals surface area contributed by atoms with Crippen molar-refractivity contribution in [1.29, 1.82) is 0 Å². The van der Waals surface area contributed by atoms with E-state index >= 15 is 0 Å². The summed E-state index contributed by atoms with van der Waals surface area (Å²) < 4.78 is 5.87. The molecule has 2 aliphatic heterocycles. The maximum atomic E-state index is 11.2. The van der Waals surface area contributed by atoms with Gasteiger partial charge in [0.05, 0.1) is 12.0 Å². The van der Waals surface area contributed by atoms with Crippen molar-refractivity contribution >= 4 is 5.97 Å². The molecular formula is C17H23NO4. The minimum atomic E-state index is -0.747. The molecule has 0 aliphatic carbocycles. The fourth-order valence-electron chi connectivity index (χ4n) is 3.71. The van der Waals surface area contributed by atoms with Crippen LogP contribution in [0.3, 0.4) is 0 Å². The van der Waals surface area contributed by atoms with Gasteiger partial charge in [-0.3, -0.25) is 9.69 Å². The standard InChI is InChI=1S/C17H23NO4/c1-10-6-11(2)15-14(7-10)22-9-13(16(15)19)18-5-3-4-12(8-18)17(20)21/h6-7,12-13,16,19H,3-5,8-9H2,1-2H3,(H,20,21). The van der Waals surface area contributed by atoms with E-state index in [9.17, 15) is 15.0 Å².